The van der Waals surface area contributed by atoms with E-state index >= 15 is 0 Å². The van der Waals surface area contributed by atoms with Crippen LogP contribution in [-0.4, -0.2) is 29.1 Å². The van der Waals surface area contributed by atoms with Crippen molar-refractivity contribution in [1.82, 2.24) is 15.3 Å². The number of anilines is 1. The third kappa shape index (κ3) is 3.29. The van der Waals surface area contributed by atoms with Crippen molar-refractivity contribution in [2.24, 2.45) is 0 Å². The predicted octanol–water partition coefficient (Wildman–Crippen LogP) is 2.05. The molecule has 0 unspecified atom stereocenters. The molecular formula is C14H22N4. The van der Waals surface area contributed by atoms with E-state index in [0.29, 0.717) is 6.04 Å². The first-order valence-corrected chi connectivity index (χ1v) is 6.62. The van der Waals surface area contributed by atoms with E-state index in [1.165, 1.54) is 5.56 Å². The van der Waals surface area contributed by atoms with Crippen LogP contribution in [0.25, 0.3) is 0 Å². The van der Waals surface area contributed by atoms with Crippen LogP contribution in [0.5, 0.6) is 0 Å². The topological polar surface area (TPSA) is 41.1 Å². The molecule has 0 spiro atoms. The van der Waals surface area contributed by atoms with Crippen LogP contribution < -0.4 is 10.2 Å². The van der Waals surface area contributed by atoms with Gasteiger partial charge in [-0.2, -0.15) is 0 Å². The zero-order chi connectivity index (χ0) is 13.0. The lowest BCUT2D eigenvalue weighted by Crippen LogP contribution is -2.29. The SMILES string of the molecule is Cc1nc(N2CC=CCC2)ncc1CNC(C)C. The monoisotopic (exact) mass is 246 g/mol. The molecule has 0 aromatic carbocycles. The van der Waals surface area contributed by atoms with Gasteiger partial charge in [0.15, 0.2) is 0 Å². The highest BCUT2D eigenvalue weighted by Crippen LogP contribution is 2.14. The molecule has 4 nitrogen and oxygen atoms in total. The van der Waals surface area contributed by atoms with Gasteiger partial charge >= 0.3 is 0 Å². The standard InChI is InChI=1S/C14H22N4/c1-11(2)15-9-13-10-16-14(17-12(13)3)18-7-5-4-6-8-18/h4-5,10-11,15H,6-9H2,1-3H3. The Morgan fingerprint density at radius 3 is 2.83 bits per heavy atom. The van der Waals surface area contributed by atoms with E-state index in [4.69, 9.17) is 0 Å². The summed E-state index contributed by atoms with van der Waals surface area (Å²) in [5.74, 6) is 0.852. The number of hydrogen-bond acceptors (Lipinski definition) is 4. The fraction of sp³-hybridized carbons (Fsp3) is 0.571. The van der Waals surface area contributed by atoms with Gasteiger partial charge in [-0.1, -0.05) is 26.0 Å². The van der Waals surface area contributed by atoms with Gasteiger partial charge in [0.05, 0.1) is 0 Å². The molecule has 2 rings (SSSR count). The van der Waals surface area contributed by atoms with Crippen LogP contribution in [0.2, 0.25) is 0 Å². The zero-order valence-electron chi connectivity index (χ0n) is 11.5. The Labute approximate surface area is 109 Å². The van der Waals surface area contributed by atoms with Gasteiger partial charge in [-0.3, -0.25) is 0 Å². The molecule has 0 bridgehead atoms. The molecule has 2 heterocycles. The summed E-state index contributed by atoms with van der Waals surface area (Å²) in [7, 11) is 0. The Balaban J connectivity index is 2.06. The Bertz CT molecular complexity index is 426. The lowest BCUT2D eigenvalue weighted by atomic mass is 10.2. The van der Waals surface area contributed by atoms with Gasteiger partial charge in [-0.25, -0.2) is 9.97 Å². The van der Waals surface area contributed by atoms with Gasteiger partial charge in [-0.15, -0.1) is 0 Å². The van der Waals surface area contributed by atoms with Crippen molar-refractivity contribution in [2.45, 2.75) is 39.8 Å². The van der Waals surface area contributed by atoms with Crippen molar-refractivity contribution in [3.63, 3.8) is 0 Å². The first kappa shape index (κ1) is 13.0. The molecule has 0 saturated heterocycles. The van der Waals surface area contributed by atoms with E-state index in [1.54, 1.807) is 0 Å². The summed E-state index contributed by atoms with van der Waals surface area (Å²) in [6, 6.07) is 0.483. The second kappa shape index (κ2) is 5.96. The second-order valence-corrected chi connectivity index (χ2v) is 5.02. The minimum Gasteiger partial charge on any atom is -0.337 e. The van der Waals surface area contributed by atoms with Crippen molar-refractivity contribution in [1.29, 1.82) is 0 Å². The van der Waals surface area contributed by atoms with Gasteiger partial charge in [0.25, 0.3) is 0 Å². The molecule has 1 aromatic heterocycles. The summed E-state index contributed by atoms with van der Waals surface area (Å²) in [5.41, 5.74) is 2.25. The number of rotatable bonds is 4. The lowest BCUT2D eigenvalue weighted by molar-refractivity contribution is 0.584. The average Bonchev–Trinajstić information content (AvgIpc) is 2.38. The van der Waals surface area contributed by atoms with Gasteiger partial charge < -0.3 is 10.2 Å². The lowest BCUT2D eigenvalue weighted by Gasteiger charge is -2.23. The molecule has 98 valence electrons. The minimum absolute atomic E-state index is 0.483. The van der Waals surface area contributed by atoms with Gasteiger partial charge in [0.2, 0.25) is 5.95 Å². The summed E-state index contributed by atoms with van der Waals surface area (Å²) in [6.07, 6.45) is 7.42. The van der Waals surface area contributed by atoms with Crippen LogP contribution in [0.4, 0.5) is 5.95 Å². The molecule has 1 aliphatic rings. The Morgan fingerprint density at radius 1 is 1.39 bits per heavy atom. The van der Waals surface area contributed by atoms with E-state index < -0.39 is 0 Å². The number of nitrogens with one attached hydrogen (secondary N) is 1. The molecule has 0 aliphatic carbocycles. The van der Waals surface area contributed by atoms with Crippen LogP contribution in [0.1, 0.15) is 31.5 Å². The maximum atomic E-state index is 4.62. The second-order valence-electron chi connectivity index (χ2n) is 5.02. The molecular weight excluding hydrogens is 224 g/mol. The first-order chi connectivity index (χ1) is 8.66. The number of nitrogens with zero attached hydrogens (tertiary/aromatic N) is 3. The Hall–Kier alpha value is -1.42. The number of aromatic nitrogens is 2. The number of hydrogen-bond donors (Lipinski definition) is 1. The molecule has 1 aliphatic heterocycles. The first-order valence-electron chi connectivity index (χ1n) is 6.62. The van der Waals surface area contributed by atoms with Crippen LogP contribution in [0.15, 0.2) is 18.3 Å². The molecule has 0 fully saturated rings. The van der Waals surface area contributed by atoms with Crippen molar-refractivity contribution < 1.29 is 0 Å². The molecule has 0 saturated carbocycles. The van der Waals surface area contributed by atoms with Crippen molar-refractivity contribution in [2.75, 3.05) is 18.0 Å². The van der Waals surface area contributed by atoms with Crippen LogP contribution in [0.3, 0.4) is 0 Å². The van der Waals surface area contributed by atoms with Crippen molar-refractivity contribution in [3.05, 3.63) is 29.6 Å². The average molecular weight is 246 g/mol. The highest BCUT2D eigenvalue weighted by atomic mass is 15.2. The van der Waals surface area contributed by atoms with E-state index in [2.05, 4.69) is 53.1 Å². The smallest absolute Gasteiger partial charge is 0.225 e. The molecule has 0 atom stereocenters. The van der Waals surface area contributed by atoms with Gasteiger partial charge in [0, 0.05) is 43.1 Å². The Morgan fingerprint density at radius 2 is 2.22 bits per heavy atom. The summed E-state index contributed by atoms with van der Waals surface area (Å²) in [4.78, 5) is 11.3. The molecule has 1 aromatic rings. The van der Waals surface area contributed by atoms with E-state index in [0.717, 1.165) is 37.7 Å². The molecule has 1 N–H and O–H groups in total. The highest BCUT2D eigenvalue weighted by molar-refractivity contribution is 5.35. The predicted molar refractivity (Wildman–Crippen MR) is 74.7 cm³/mol. The third-order valence-electron chi connectivity index (χ3n) is 3.11. The summed E-state index contributed by atoms with van der Waals surface area (Å²) in [6.45, 7) is 9.11. The summed E-state index contributed by atoms with van der Waals surface area (Å²) >= 11 is 0. The highest BCUT2D eigenvalue weighted by Gasteiger charge is 2.11. The molecule has 0 radical (unpaired) electrons. The fourth-order valence-electron chi connectivity index (χ4n) is 1.94. The molecule has 4 heteroatoms. The molecule has 0 amide bonds. The summed E-state index contributed by atoms with van der Waals surface area (Å²) < 4.78 is 0. The van der Waals surface area contributed by atoms with E-state index in [9.17, 15) is 0 Å². The van der Waals surface area contributed by atoms with Crippen molar-refractivity contribution in [3.8, 4) is 0 Å². The van der Waals surface area contributed by atoms with Crippen LogP contribution in [-0.2, 0) is 6.54 Å². The van der Waals surface area contributed by atoms with E-state index in [1.807, 2.05) is 6.20 Å². The minimum atomic E-state index is 0.483. The fourth-order valence-corrected chi connectivity index (χ4v) is 1.94. The number of aryl methyl sites for hydroxylation is 1. The van der Waals surface area contributed by atoms with Gasteiger partial charge in [0.1, 0.15) is 0 Å². The van der Waals surface area contributed by atoms with Crippen LogP contribution in [0, 0.1) is 6.92 Å². The van der Waals surface area contributed by atoms with E-state index in [-0.39, 0.29) is 0 Å². The summed E-state index contributed by atoms with van der Waals surface area (Å²) in [5, 5.41) is 3.40. The Kier molecular flexibility index (Phi) is 4.31. The third-order valence-corrected chi connectivity index (χ3v) is 3.11. The molecule has 18 heavy (non-hydrogen) atoms. The van der Waals surface area contributed by atoms with Crippen molar-refractivity contribution >= 4 is 5.95 Å². The maximum Gasteiger partial charge on any atom is 0.225 e. The maximum absolute atomic E-state index is 4.62. The van der Waals surface area contributed by atoms with Crippen LogP contribution >= 0.6 is 0 Å². The van der Waals surface area contributed by atoms with Gasteiger partial charge in [-0.05, 0) is 13.3 Å². The largest absolute Gasteiger partial charge is 0.337 e. The quantitative estimate of drug-likeness (QED) is 0.826. The zero-order valence-corrected chi connectivity index (χ0v) is 11.5. The normalized spacial score (nSPS) is 15.4.